The summed E-state index contributed by atoms with van der Waals surface area (Å²) in [6.45, 7) is 0.272. The third-order valence-corrected chi connectivity index (χ3v) is 6.68. The fraction of sp³-hybridized carbons (Fsp3) is 0.130. The SMILES string of the molecule is O=S(=O)(Cc1ccc(C(F)(F)F)cc1)c1cn(Cc2cccc(F)c2)c2ccccc12. The van der Waals surface area contributed by atoms with E-state index in [9.17, 15) is 26.0 Å². The number of alkyl halides is 3. The molecule has 0 spiro atoms. The minimum atomic E-state index is -4.48. The maximum atomic E-state index is 13.5. The summed E-state index contributed by atoms with van der Waals surface area (Å²) in [5.74, 6) is -0.817. The topological polar surface area (TPSA) is 39.1 Å². The summed E-state index contributed by atoms with van der Waals surface area (Å²) in [5.41, 5.74) is 0.764. The first-order valence-electron chi connectivity index (χ1n) is 9.35. The molecule has 1 heterocycles. The van der Waals surface area contributed by atoms with E-state index in [1.165, 1.54) is 30.5 Å². The Kier molecular flexibility index (Phi) is 5.35. The Morgan fingerprint density at radius 1 is 0.839 bits per heavy atom. The number of benzene rings is 3. The highest BCUT2D eigenvalue weighted by Gasteiger charge is 2.30. The van der Waals surface area contributed by atoms with Gasteiger partial charge in [-0.2, -0.15) is 13.2 Å². The van der Waals surface area contributed by atoms with E-state index in [-0.39, 0.29) is 22.8 Å². The van der Waals surface area contributed by atoms with Crippen molar-refractivity contribution in [1.29, 1.82) is 0 Å². The van der Waals surface area contributed by atoms with Gasteiger partial charge in [-0.05, 0) is 41.5 Å². The maximum Gasteiger partial charge on any atom is 0.416 e. The molecular weight excluding hydrogens is 430 g/mol. The standard InChI is InChI=1S/C23H17F4NO2S/c24-19-5-3-4-17(12-19)13-28-14-22(20-6-1-2-7-21(20)28)31(29,30)15-16-8-10-18(11-9-16)23(25,26)27/h1-12,14H,13,15H2. The van der Waals surface area contributed by atoms with Crippen LogP contribution in [0.5, 0.6) is 0 Å². The number of halogens is 4. The highest BCUT2D eigenvalue weighted by Crippen LogP contribution is 2.31. The first-order valence-corrected chi connectivity index (χ1v) is 11.0. The Morgan fingerprint density at radius 3 is 2.23 bits per heavy atom. The summed E-state index contributed by atoms with van der Waals surface area (Å²) in [6.07, 6.45) is -2.99. The van der Waals surface area contributed by atoms with Crippen LogP contribution in [0.4, 0.5) is 17.6 Å². The van der Waals surface area contributed by atoms with Gasteiger partial charge in [0.25, 0.3) is 0 Å². The molecular formula is C23H17F4NO2S. The van der Waals surface area contributed by atoms with Gasteiger partial charge in [0.05, 0.1) is 16.2 Å². The number of fused-ring (bicyclic) bond motifs is 1. The Bertz CT molecular complexity index is 1340. The van der Waals surface area contributed by atoms with E-state index in [0.29, 0.717) is 16.5 Å². The fourth-order valence-corrected chi connectivity index (χ4v) is 5.09. The Morgan fingerprint density at radius 2 is 1.55 bits per heavy atom. The number of rotatable bonds is 5. The number of hydrogen-bond acceptors (Lipinski definition) is 2. The summed E-state index contributed by atoms with van der Waals surface area (Å²) >= 11 is 0. The number of hydrogen-bond donors (Lipinski definition) is 0. The van der Waals surface area contributed by atoms with Crippen molar-refractivity contribution < 1.29 is 26.0 Å². The third kappa shape index (κ3) is 4.49. The Hall–Kier alpha value is -3.13. The van der Waals surface area contributed by atoms with Crippen LogP contribution in [-0.2, 0) is 28.3 Å². The van der Waals surface area contributed by atoms with Gasteiger partial charge >= 0.3 is 6.18 Å². The lowest BCUT2D eigenvalue weighted by Crippen LogP contribution is -2.07. The minimum absolute atomic E-state index is 0.0828. The highest BCUT2D eigenvalue weighted by atomic mass is 32.2. The maximum absolute atomic E-state index is 13.5. The van der Waals surface area contributed by atoms with Crippen molar-refractivity contribution in [3.8, 4) is 0 Å². The highest BCUT2D eigenvalue weighted by molar-refractivity contribution is 7.90. The second-order valence-corrected chi connectivity index (χ2v) is 9.18. The smallest absolute Gasteiger partial charge is 0.342 e. The van der Waals surface area contributed by atoms with Crippen molar-refractivity contribution in [3.05, 3.63) is 102 Å². The number of nitrogens with zero attached hydrogens (tertiary/aromatic N) is 1. The first kappa shape index (κ1) is 21.1. The molecule has 0 atom stereocenters. The van der Waals surface area contributed by atoms with E-state index >= 15 is 0 Å². The Balaban J connectivity index is 1.70. The lowest BCUT2D eigenvalue weighted by molar-refractivity contribution is -0.137. The molecule has 1 aromatic heterocycles. The van der Waals surface area contributed by atoms with E-state index in [2.05, 4.69) is 0 Å². The second kappa shape index (κ2) is 7.85. The lowest BCUT2D eigenvalue weighted by atomic mass is 10.1. The van der Waals surface area contributed by atoms with Gasteiger partial charge in [0, 0.05) is 23.6 Å². The molecule has 0 saturated heterocycles. The van der Waals surface area contributed by atoms with Crippen molar-refractivity contribution in [2.75, 3.05) is 0 Å². The Labute approximate surface area is 176 Å². The van der Waals surface area contributed by atoms with Crippen molar-refractivity contribution in [1.82, 2.24) is 4.57 Å². The van der Waals surface area contributed by atoms with Gasteiger partial charge < -0.3 is 4.57 Å². The molecule has 0 radical (unpaired) electrons. The summed E-state index contributed by atoms with van der Waals surface area (Å²) in [7, 11) is -3.84. The molecule has 0 saturated carbocycles. The summed E-state index contributed by atoms with van der Waals surface area (Å²) in [4.78, 5) is 0.0828. The molecule has 3 aromatic carbocycles. The number of aromatic nitrogens is 1. The third-order valence-electron chi connectivity index (χ3n) is 4.97. The predicted molar refractivity (Wildman–Crippen MR) is 110 cm³/mol. The second-order valence-electron chi connectivity index (χ2n) is 7.22. The molecule has 0 aliphatic rings. The van der Waals surface area contributed by atoms with Gasteiger partial charge in [-0.15, -0.1) is 0 Å². The van der Waals surface area contributed by atoms with Crippen molar-refractivity contribution in [3.63, 3.8) is 0 Å². The van der Waals surface area contributed by atoms with Crippen LogP contribution in [0.1, 0.15) is 16.7 Å². The summed E-state index contributed by atoms with van der Waals surface area (Å²) < 4.78 is 79.8. The molecule has 0 amide bonds. The molecule has 31 heavy (non-hydrogen) atoms. The quantitative estimate of drug-likeness (QED) is 0.362. The zero-order valence-corrected chi connectivity index (χ0v) is 16.9. The molecule has 4 rings (SSSR count). The zero-order chi connectivity index (χ0) is 22.2. The minimum Gasteiger partial charge on any atom is -0.342 e. The fourth-order valence-electron chi connectivity index (χ4n) is 3.51. The van der Waals surface area contributed by atoms with Crippen LogP contribution >= 0.6 is 0 Å². The molecule has 3 nitrogen and oxygen atoms in total. The average Bonchev–Trinajstić information content (AvgIpc) is 3.07. The molecule has 0 aliphatic carbocycles. The van der Waals surface area contributed by atoms with Crippen LogP contribution in [0.25, 0.3) is 10.9 Å². The lowest BCUT2D eigenvalue weighted by Gasteiger charge is -2.08. The molecule has 0 bridgehead atoms. The summed E-state index contributed by atoms with van der Waals surface area (Å²) in [6, 6.07) is 17.1. The number of sulfone groups is 1. The monoisotopic (exact) mass is 447 g/mol. The van der Waals surface area contributed by atoms with Crippen LogP contribution in [0.3, 0.4) is 0 Å². The van der Waals surface area contributed by atoms with Crippen LogP contribution in [0.15, 0.2) is 83.9 Å². The van der Waals surface area contributed by atoms with Gasteiger partial charge in [-0.25, -0.2) is 12.8 Å². The number of para-hydroxylation sites is 1. The normalized spacial score (nSPS) is 12.4. The van der Waals surface area contributed by atoms with Crippen LogP contribution in [0.2, 0.25) is 0 Å². The van der Waals surface area contributed by atoms with E-state index in [4.69, 9.17) is 0 Å². The van der Waals surface area contributed by atoms with E-state index in [1.807, 2.05) is 0 Å². The van der Waals surface area contributed by atoms with Crippen LogP contribution in [-0.4, -0.2) is 13.0 Å². The van der Waals surface area contributed by atoms with E-state index in [1.54, 1.807) is 41.0 Å². The van der Waals surface area contributed by atoms with Gasteiger partial charge in [0.2, 0.25) is 0 Å². The molecule has 4 aromatic rings. The van der Waals surface area contributed by atoms with Crippen molar-refractivity contribution >= 4 is 20.7 Å². The summed E-state index contributed by atoms with van der Waals surface area (Å²) in [5, 5.41) is 0.505. The molecule has 160 valence electrons. The van der Waals surface area contributed by atoms with E-state index < -0.39 is 27.3 Å². The van der Waals surface area contributed by atoms with Gasteiger partial charge in [-0.1, -0.05) is 42.5 Å². The first-order chi connectivity index (χ1) is 14.6. The van der Waals surface area contributed by atoms with E-state index in [0.717, 1.165) is 12.1 Å². The predicted octanol–water partition coefficient (Wildman–Crippen LogP) is 5.82. The van der Waals surface area contributed by atoms with Crippen LogP contribution in [0, 0.1) is 5.82 Å². The zero-order valence-electron chi connectivity index (χ0n) is 16.1. The molecule has 0 aliphatic heterocycles. The van der Waals surface area contributed by atoms with Gasteiger partial charge in [-0.3, -0.25) is 0 Å². The molecule has 0 unspecified atom stereocenters. The molecule has 8 heteroatoms. The average molecular weight is 447 g/mol. The van der Waals surface area contributed by atoms with Crippen molar-refractivity contribution in [2.45, 2.75) is 23.4 Å². The van der Waals surface area contributed by atoms with Gasteiger partial charge in [0.1, 0.15) is 5.82 Å². The molecule has 0 N–H and O–H groups in total. The largest absolute Gasteiger partial charge is 0.416 e. The molecule has 0 fully saturated rings. The van der Waals surface area contributed by atoms with Crippen molar-refractivity contribution in [2.24, 2.45) is 0 Å². The van der Waals surface area contributed by atoms with Crippen LogP contribution < -0.4 is 0 Å². The van der Waals surface area contributed by atoms with Gasteiger partial charge in [0.15, 0.2) is 9.84 Å².